The fourth-order valence-electron chi connectivity index (χ4n) is 2.44. The Hall–Kier alpha value is -1.06. The van der Waals surface area contributed by atoms with Gasteiger partial charge in [0.2, 0.25) is 0 Å². The van der Waals surface area contributed by atoms with Crippen LogP contribution in [0.15, 0.2) is 24.3 Å². The Labute approximate surface area is 104 Å². The average Bonchev–Trinajstić information content (AvgIpc) is 2.38. The van der Waals surface area contributed by atoms with Gasteiger partial charge in [-0.3, -0.25) is 0 Å². The van der Waals surface area contributed by atoms with Crippen LogP contribution in [0, 0.1) is 0 Å². The average molecular weight is 234 g/mol. The van der Waals surface area contributed by atoms with Crippen LogP contribution < -0.4 is 10.6 Å². The van der Waals surface area contributed by atoms with Gasteiger partial charge in [-0.25, -0.2) is 0 Å². The third kappa shape index (κ3) is 2.61. The van der Waals surface area contributed by atoms with E-state index in [-0.39, 0.29) is 6.04 Å². The van der Waals surface area contributed by atoms with E-state index in [1.807, 2.05) is 6.92 Å². The zero-order valence-electron chi connectivity index (χ0n) is 10.7. The van der Waals surface area contributed by atoms with Gasteiger partial charge in [0.15, 0.2) is 0 Å². The van der Waals surface area contributed by atoms with Crippen molar-refractivity contribution in [3.05, 3.63) is 29.8 Å². The van der Waals surface area contributed by atoms with E-state index < -0.39 is 0 Å². The molecule has 17 heavy (non-hydrogen) atoms. The van der Waals surface area contributed by atoms with Crippen molar-refractivity contribution in [1.82, 2.24) is 0 Å². The molecule has 2 unspecified atom stereocenters. The predicted octanol–water partition coefficient (Wildman–Crippen LogP) is 2.32. The first-order chi connectivity index (χ1) is 8.24. The van der Waals surface area contributed by atoms with Crippen LogP contribution in [0.4, 0.5) is 5.69 Å². The Morgan fingerprint density at radius 1 is 1.47 bits per heavy atom. The van der Waals surface area contributed by atoms with Crippen molar-refractivity contribution in [1.29, 1.82) is 0 Å². The van der Waals surface area contributed by atoms with Crippen LogP contribution in [0.2, 0.25) is 0 Å². The molecule has 1 aliphatic heterocycles. The second kappa shape index (κ2) is 5.52. The molecule has 1 heterocycles. The summed E-state index contributed by atoms with van der Waals surface area (Å²) in [6.07, 6.45) is 1.10. The van der Waals surface area contributed by atoms with Gasteiger partial charge >= 0.3 is 0 Å². The fraction of sp³-hybridized carbons (Fsp3) is 0.571. The molecule has 0 saturated carbocycles. The van der Waals surface area contributed by atoms with Gasteiger partial charge in [-0.2, -0.15) is 0 Å². The number of nitrogens with zero attached hydrogens (tertiary/aromatic N) is 1. The Morgan fingerprint density at radius 3 is 2.94 bits per heavy atom. The zero-order valence-corrected chi connectivity index (χ0v) is 10.7. The normalized spacial score (nSPS) is 22.5. The van der Waals surface area contributed by atoms with Crippen LogP contribution in [0.1, 0.15) is 31.9 Å². The van der Waals surface area contributed by atoms with Crippen LogP contribution in [0.3, 0.4) is 0 Å². The summed E-state index contributed by atoms with van der Waals surface area (Å²) < 4.78 is 5.55. The smallest absolute Gasteiger partial charge is 0.0670 e. The van der Waals surface area contributed by atoms with E-state index in [0.717, 1.165) is 26.2 Å². The van der Waals surface area contributed by atoms with E-state index in [1.165, 1.54) is 11.3 Å². The van der Waals surface area contributed by atoms with E-state index in [2.05, 4.69) is 36.1 Å². The second-order valence-electron chi connectivity index (χ2n) is 4.68. The maximum Gasteiger partial charge on any atom is 0.0670 e. The van der Waals surface area contributed by atoms with Gasteiger partial charge < -0.3 is 15.4 Å². The minimum atomic E-state index is 0.0755. The summed E-state index contributed by atoms with van der Waals surface area (Å²) in [5.74, 6) is 0. The lowest BCUT2D eigenvalue weighted by atomic mass is 10.0. The van der Waals surface area contributed by atoms with Crippen molar-refractivity contribution >= 4 is 5.69 Å². The summed E-state index contributed by atoms with van der Waals surface area (Å²) >= 11 is 0. The van der Waals surface area contributed by atoms with Gasteiger partial charge in [-0.05, 0) is 25.0 Å². The number of anilines is 1. The fourth-order valence-corrected chi connectivity index (χ4v) is 2.44. The summed E-state index contributed by atoms with van der Waals surface area (Å²) in [5.41, 5.74) is 8.56. The number of hydrogen-bond acceptors (Lipinski definition) is 3. The summed E-state index contributed by atoms with van der Waals surface area (Å²) in [6.45, 7) is 6.84. The first-order valence-corrected chi connectivity index (χ1v) is 6.43. The van der Waals surface area contributed by atoms with Crippen LogP contribution >= 0.6 is 0 Å². The molecule has 1 aromatic carbocycles. The lowest BCUT2D eigenvalue weighted by Crippen LogP contribution is -2.45. The molecule has 2 N–H and O–H groups in total. The summed E-state index contributed by atoms with van der Waals surface area (Å²) in [6, 6.07) is 9.00. The largest absolute Gasteiger partial charge is 0.377 e. The zero-order chi connectivity index (χ0) is 12.3. The maximum absolute atomic E-state index is 6.05. The van der Waals surface area contributed by atoms with Gasteiger partial charge in [-0.15, -0.1) is 0 Å². The van der Waals surface area contributed by atoms with Crippen molar-refractivity contribution in [3.8, 4) is 0 Å². The van der Waals surface area contributed by atoms with Gasteiger partial charge in [0, 0.05) is 18.3 Å². The molecule has 0 amide bonds. The molecule has 0 aromatic heterocycles. The third-order valence-electron chi connectivity index (χ3n) is 3.44. The van der Waals surface area contributed by atoms with Gasteiger partial charge in [-0.1, -0.05) is 25.1 Å². The SMILES string of the molecule is CCC1COCCN1c1ccccc1C(C)N. The highest BCUT2D eigenvalue weighted by molar-refractivity contribution is 5.56. The monoisotopic (exact) mass is 234 g/mol. The van der Waals surface area contributed by atoms with Gasteiger partial charge in [0.1, 0.15) is 0 Å². The molecule has 2 rings (SSSR count). The first-order valence-electron chi connectivity index (χ1n) is 6.43. The molecule has 0 bridgehead atoms. The number of hydrogen-bond donors (Lipinski definition) is 1. The lowest BCUT2D eigenvalue weighted by Gasteiger charge is -2.38. The minimum Gasteiger partial charge on any atom is -0.377 e. The first kappa shape index (κ1) is 12.4. The quantitative estimate of drug-likeness (QED) is 0.872. The second-order valence-corrected chi connectivity index (χ2v) is 4.68. The topological polar surface area (TPSA) is 38.5 Å². The molecule has 0 aliphatic carbocycles. The predicted molar refractivity (Wildman–Crippen MR) is 71.3 cm³/mol. The highest BCUT2D eigenvalue weighted by Gasteiger charge is 2.23. The van der Waals surface area contributed by atoms with Crippen molar-refractivity contribution in [3.63, 3.8) is 0 Å². The number of nitrogens with two attached hydrogens (primary N) is 1. The van der Waals surface area contributed by atoms with E-state index in [4.69, 9.17) is 10.5 Å². The molecule has 1 aromatic rings. The van der Waals surface area contributed by atoms with Gasteiger partial charge in [0.05, 0.1) is 19.3 Å². The number of rotatable bonds is 3. The molecule has 2 atom stereocenters. The highest BCUT2D eigenvalue weighted by Crippen LogP contribution is 2.28. The molecular formula is C14H22N2O. The molecule has 1 aliphatic rings. The van der Waals surface area contributed by atoms with Crippen molar-refractivity contribution in [2.75, 3.05) is 24.7 Å². The molecule has 94 valence electrons. The van der Waals surface area contributed by atoms with E-state index in [0.29, 0.717) is 6.04 Å². The van der Waals surface area contributed by atoms with E-state index in [9.17, 15) is 0 Å². The molecule has 3 heteroatoms. The number of ether oxygens (including phenoxy) is 1. The van der Waals surface area contributed by atoms with Gasteiger partial charge in [0.25, 0.3) is 0 Å². The Bertz CT molecular complexity index is 365. The van der Waals surface area contributed by atoms with Crippen molar-refractivity contribution in [2.45, 2.75) is 32.4 Å². The standard InChI is InChI=1S/C14H22N2O/c1-3-12-10-17-9-8-16(12)14-7-5-4-6-13(14)11(2)15/h4-7,11-12H,3,8-10,15H2,1-2H3. The van der Waals surface area contributed by atoms with Crippen molar-refractivity contribution in [2.24, 2.45) is 5.73 Å². The molecule has 3 nitrogen and oxygen atoms in total. The summed E-state index contributed by atoms with van der Waals surface area (Å²) in [5, 5.41) is 0. The number of morpholine rings is 1. The number of para-hydroxylation sites is 1. The number of benzene rings is 1. The van der Waals surface area contributed by atoms with Crippen LogP contribution in [0.5, 0.6) is 0 Å². The van der Waals surface area contributed by atoms with E-state index in [1.54, 1.807) is 0 Å². The van der Waals surface area contributed by atoms with Crippen LogP contribution in [-0.4, -0.2) is 25.8 Å². The molecular weight excluding hydrogens is 212 g/mol. The van der Waals surface area contributed by atoms with E-state index >= 15 is 0 Å². The van der Waals surface area contributed by atoms with Crippen LogP contribution in [-0.2, 0) is 4.74 Å². The molecule has 1 fully saturated rings. The molecule has 0 radical (unpaired) electrons. The Morgan fingerprint density at radius 2 is 2.24 bits per heavy atom. The molecule has 1 saturated heterocycles. The summed E-state index contributed by atoms with van der Waals surface area (Å²) in [7, 11) is 0. The maximum atomic E-state index is 6.05. The van der Waals surface area contributed by atoms with Crippen molar-refractivity contribution < 1.29 is 4.74 Å². The van der Waals surface area contributed by atoms with Crippen LogP contribution in [0.25, 0.3) is 0 Å². The molecule has 0 spiro atoms. The Kier molecular flexibility index (Phi) is 4.02. The summed E-state index contributed by atoms with van der Waals surface area (Å²) in [4.78, 5) is 2.45. The third-order valence-corrected chi connectivity index (χ3v) is 3.44. The Balaban J connectivity index is 2.31. The highest BCUT2D eigenvalue weighted by atomic mass is 16.5. The minimum absolute atomic E-state index is 0.0755. The lowest BCUT2D eigenvalue weighted by molar-refractivity contribution is 0.0929.